The smallest absolute Gasteiger partial charge is 0.257 e. The Morgan fingerprint density at radius 3 is 2.72 bits per heavy atom. The second-order valence-electron chi connectivity index (χ2n) is 3.70. The molecule has 0 heterocycles. The predicted molar refractivity (Wildman–Crippen MR) is 70.2 cm³/mol. The largest absolute Gasteiger partial charge is 0.398 e. The molecule has 0 aliphatic carbocycles. The topological polar surface area (TPSA) is 55.1 Å². The minimum absolute atomic E-state index is 0.256. The van der Waals surface area contributed by atoms with E-state index in [0.717, 1.165) is 0 Å². The van der Waals surface area contributed by atoms with E-state index in [9.17, 15) is 9.18 Å². The molecule has 2 rings (SSSR count). The van der Waals surface area contributed by atoms with Crippen LogP contribution in [-0.4, -0.2) is 5.91 Å². The van der Waals surface area contributed by atoms with Gasteiger partial charge in [0, 0.05) is 16.4 Å². The third kappa shape index (κ3) is 2.78. The van der Waals surface area contributed by atoms with Crippen LogP contribution in [-0.2, 0) is 0 Å². The van der Waals surface area contributed by atoms with E-state index in [2.05, 4.69) is 5.32 Å². The number of carbonyl (C=O) groups is 1. The Morgan fingerprint density at radius 2 is 2.00 bits per heavy atom. The Balaban J connectivity index is 2.24. The summed E-state index contributed by atoms with van der Waals surface area (Å²) in [7, 11) is 0. The molecule has 0 spiro atoms. The molecule has 0 saturated heterocycles. The maximum absolute atomic E-state index is 13.0. The van der Waals surface area contributed by atoms with Crippen LogP contribution in [0.2, 0.25) is 5.02 Å². The Hall–Kier alpha value is -2.07. The minimum atomic E-state index is -0.430. The average molecular weight is 265 g/mol. The summed E-state index contributed by atoms with van der Waals surface area (Å²) >= 11 is 5.79. The highest BCUT2D eigenvalue weighted by Gasteiger charge is 2.10. The van der Waals surface area contributed by atoms with E-state index in [-0.39, 0.29) is 5.56 Å². The summed E-state index contributed by atoms with van der Waals surface area (Å²) in [5, 5.41) is 2.96. The monoisotopic (exact) mass is 264 g/mol. The first-order valence-electron chi connectivity index (χ1n) is 5.18. The quantitative estimate of drug-likeness (QED) is 0.818. The summed E-state index contributed by atoms with van der Waals surface area (Å²) in [6.07, 6.45) is 0. The fourth-order valence-electron chi connectivity index (χ4n) is 1.49. The molecule has 0 saturated carbocycles. The molecule has 18 heavy (non-hydrogen) atoms. The lowest BCUT2D eigenvalue weighted by molar-refractivity contribution is 0.102. The number of nitrogens with one attached hydrogen (secondary N) is 1. The third-order valence-electron chi connectivity index (χ3n) is 2.34. The van der Waals surface area contributed by atoms with Crippen LogP contribution in [0.15, 0.2) is 42.5 Å². The Kier molecular flexibility index (Phi) is 3.48. The van der Waals surface area contributed by atoms with E-state index in [0.29, 0.717) is 16.4 Å². The zero-order valence-corrected chi connectivity index (χ0v) is 10.0. The zero-order chi connectivity index (χ0) is 13.1. The number of rotatable bonds is 2. The van der Waals surface area contributed by atoms with Gasteiger partial charge in [0.1, 0.15) is 5.82 Å². The van der Waals surface area contributed by atoms with Gasteiger partial charge in [-0.05, 0) is 36.4 Å². The van der Waals surface area contributed by atoms with Crippen LogP contribution in [0.5, 0.6) is 0 Å². The lowest BCUT2D eigenvalue weighted by atomic mass is 10.1. The molecule has 1 amide bonds. The number of nitrogens with two attached hydrogens (primary N) is 1. The molecule has 0 bridgehead atoms. The Bertz CT molecular complexity index is 601. The van der Waals surface area contributed by atoms with Crippen LogP contribution in [0.4, 0.5) is 15.8 Å². The van der Waals surface area contributed by atoms with Crippen molar-refractivity contribution in [2.45, 2.75) is 0 Å². The van der Waals surface area contributed by atoms with Gasteiger partial charge in [-0.3, -0.25) is 4.79 Å². The molecular formula is C13H10ClFN2O. The Labute approximate surface area is 108 Å². The number of hydrogen-bond acceptors (Lipinski definition) is 2. The van der Waals surface area contributed by atoms with E-state index in [1.165, 1.54) is 24.3 Å². The molecule has 0 radical (unpaired) electrons. The first-order valence-corrected chi connectivity index (χ1v) is 5.56. The normalized spacial score (nSPS) is 10.1. The van der Waals surface area contributed by atoms with Crippen LogP contribution in [0, 0.1) is 5.82 Å². The van der Waals surface area contributed by atoms with Gasteiger partial charge in [0.15, 0.2) is 0 Å². The molecule has 2 aromatic carbocycles. The first kappa shape index (κ1) is 12.4. The summed E-state index contributed by atoms with van der Waals surface area (Å²) in [5.41, 5.74) is 6.61. The van der Waals surface area contributed by atoms with Gasteiger partial charge in [-0.15, -0.1) is 0 Å². The second kappa shape index (κ2) is 5.06. The van der Waals surface area contributed by atoms with E-state index in [1.54, 1.807) is 18.2 Å². The number of halogens is 2. The van der Waals surface area contributed by atoms with Gasteiger partial charge < -0.3 is 11.1 Å². The lowest BCUT2D eigenvalue weighted by Gasteiger charge is -2.07. The number of nitrogen functional groups attached to an aromatic ring is 1. The highest BCUT2D eigenvalue weighted by Crippen LogP contribution is 2.19. The molecule has 0 aliphatic heterocycles. The maximum Gasteiger partial charge on any atom is 0.257 e. The van der Waals surface area contributed by atoms with Gasteiger partial charge in [-0.2, -0.15) is 0 Å². The van der Waals surface area contributed by atoms with Gasteiger partial charge in [0.05, 0.1) is 5.56 Å². The number of amides is 1. The van der Waals surface area contributed by atoms with Crippen molar-refractivity contribution in [3.63, 3.8) is 0 Å². The van der Waals surface area contributed by atoms with Crippen LogP contribution in [0.1, 0.15) is 10.4 Å². The van der Waals surface area contributed by atoms with Crippen molar-refractivity contribution in [1.29, 1.82) is 0 Å². The molecule has 3 N–H and O–H groups in total. The van der Waals surface area contributed by atoms with Crippen LogP contribution in [0.3, 0.4) is 0 Å². The van der Waals surface area contributed by atoms with Gasteiger partial charge in [0.2, 0.25) is 0 Å². The van der Waals surface area contributed by atoms with Crippen molar-refractivity contribution < 1.29 is 9.18 Å². The van der Waals surface area contributed by atoms with Gasteiger partial charge in [-0.25, -0.2) is 4.39 Å². The number of anilines is 2. The highest BCUT2D eigenvalue weighted by atomic mass is 35.5. The molecule has 0 atom stereocenters. The molecule has 0 aliphatic rings. The summed E-state index contributed by atoms with van der Waals surface area (Å²) in [4.78, 5) is 11.9. The molecule has 92 valence electrons. The number of carbonyl (C=O) groups excluding carboxylic acids is 1. The molecule has 0 fully saturated rings. The standard InChI is InChI=1S/C13H10ClFN2O/c14-8-4-5-12(16)11(6-8)13(18)17-10-3-1-2-9(15)7-10/h1-7H,16H2,(H,17,18). The predicted octanol–water partition coefficient (Wildman–Crippen LogP) is 3.31. The van der Waals surface area contributed by atoms with Crippen molar-refractivity contribution in [2.24, 2.45) is 0 Å². The molecule has 0 aromatic heterocycles. The second-order valence-corrected chi connectivity index (χ2v) is 4.13. The fourth-order valence-corrected chi connectivity index (χ4v) is 1.66. The van der Waals surface area contributed by atoms with Gasteiger partial charge >= 0.3 is 0 Å². The summed E-state index contributed by atoms with van der Waals surface area (Å²) in [6.45, 7) is 0. The SMILES string of the molecule is Nc1ccc(Cl)cc1C(=O)Nc1cccc(F)c1. The summed E-state index contributed by atoms with van der Waals surface area (Å²) < 4.78 is 13.0. The molecule has 0 unspecified atom stereocenters. The van der Waals surface area contributed by atoms with Crippen molar-refractivity contribution in [1.82, 2.24) is 0 Å². The van der Waals surface area contributed by atoms with E-state index in [1.807, 2.05) is 0 Å². The van der Waals surface area contributed by atoms with Gasteiger partial charge in [0.25, 0.3) is 5.91 Å². The number of benzene rings is 2. The molecular weight excluding hydrogens is 255 g/mol. The summed E-state index contributed by atoms with van der Waals surface area (Å²) in [5.74, 6) is -0.854. The van der Waals surface area contributed by atoms with Crippen LogP contribution < -0.4 is 11.1 Å². The number of hydrogen-bond donors (Lipinski definition) is 2. The van der Waals surface area contributed by atoms with Crippen LogP contribution in [0.25, 0.3) is 0 Å². The Morgan fingerprint density at radius 1 is 1.22 bits per heavy atom. The van der Waals surface area contributed by atoms with Crippen molar-refractivity contribution in [2.75, 3.05) is 11.1 Å². The third-order valence-corrected chi connectivity index (χ3v) is 2.58. The lowest BCUT2D eigenvalue weighted by Crippen LogP contribution is -2.14. The zero-order valence-electron chi connectivity index (χ0n) is 9.28. The van der Waals surface area contributed by atoms with Gasteiger partial charge in [-0.1, -0.05) is 17.7 Å². The maximum atomic E-state index is 13.0. The van der Waals surface area contributed by atoms with Crippen molar-refractivity contribution >= 4 is 28.9 Å². The summed E-state index contributed by atoms with van der Waals surface area (Å²) in [6, 6.07) is 10.2. The van der Waals surface area contributed by atoms with Crippen molar-refractivity contribution in [3.8, 4) is 0 Å². The van der Waals surface area contributed by atoms with Crippen molar-refractivity contribution in [3.05, 3.63) is 58.9 Å². The molecule has 2 aromatic rings. The van der Waals surface area contributed by atoms with E-state index < -0.39 is 11.7 Å². The van der Waals surface area contributed by atoms with E-state index in [4.69, 9.17) is 17.3 Å². The van der Waals surface area contributed by atoms with E-state index >= 15 is 0 Å². The highest BCUT2D eigenvalue weighted by molar-refractivity contribution is 6.31. The molecule has 5 heteroatoms. The minimum Gasteiger partial charge on any atom is -0.398 e. The van der Waals surface area contributed by atoms with Crippen LogP contribution >= 0.6 is 11.6 Å². The first-order chi connectivity index (χ1) is 8.56. The molecule has 3 nitrogen and oxygen atoms in total. The average Bonchev–Trinajstić information content (AvgIpc) is 2.32. The fraction of sp³-hybridized carbons (Fsp3) is 0.